The van der Waals surface area contributed by atoms with Gasteiger partial charge in [0.25, 0.3) is 0 Å². The molecule has 0 spiro atoms. The molecule has 1 atom stereocenters. The predicted molar refractivity (Wildman–Crippen MR) is 79.7 cm³/mol. The van der Waals surface area contributed by atoms with Crippen LogP contribution in [-0.2, 0) is 0 Å². The summed E-state index contributed by atoms with van der Waals surface area (Å²) < 4.78 is 0. The molecule has 4 heteroatoms. The van der Waals surface area contributed by atoms with Crippen LogP contribution in [0.1, 0.15) is 11.5 Å². The van der Waals surface area contributed by atoms with Gasteiger partial charge in [-0.05, 0) is 23.8 Å². The van der Waals surface area contributed by atoms with Crippen LogP contribution < -0.4 is 5.32 Å². The van der Waals surface area contributed by atoms with Crippen molar-refractivity contribution < 1.29 is 0 Å². The van der Waals surface area contributed by atoms with Crippen LogP contribution in [0.25, 0.3) is 0 Å². The number of nitrogens with one attached hydrogen (secondary N) is 1. The Labute approximate surface area is 122 Å². The monoisotopic (exact) mass is 290 g/mol. The van der Waals surface area contributed by atoms with E-state index < -0.39 is 0 Å². The first-order chi connectivity index (χ1) is 9.20. The topological polar surface area (TPSA) is 35.8 Å². The van der Waals surface area contributed by atoms with Crippen molar-refractivity contribution in [2.75, 3.05) is 11.9 Å². The summed E-state index contributed by atoms with van der Waals surface area (Å²) in [6.45, 7) is 0.487. The molecule has 0 amide bonds. The number of halogens is 2. The number of nitriles is 1. The van der Waals surface area contributed by atoms with Crippen molar-refractivity contribution in [3.63, 3.8) is 0 Å². The Morgan fingerprint density at radius 2 is 1.84 bits per heavy atom. The second-order valence-electron chi connectivity index (χ2n) is 4.10. The molecule has 19 heavy (non-hydrogen) atoms. The van der Waals surface area contributed by atoms with Crippen LogP contribution in [0.3, 0.4) is 0 Å². The van der Waals surface area contributed by atoms with Crippen molar-refractivity contribution in [2.24, 2.45) is 0 Å². The second-order valence-corrected chi connectivity index (χ2v) is 4.94. The third-order valence-electron chi connectivity index (χ3n) is 2.78. The molecule has 2 rings (SSSR count). The molecule has 0 heterocycles. The zero-order valence-corrected chi connectivity index (χ0v) is 11.6. The third-order valence-corrected chi connectivity index (χ3v) is 3.35. The quantitative estimate of drug-likeness (QED) is 0.885. The highest BCUT2D eigenvalue weighted by molar-refractivity contribution is 6.35. The largest absolute Gasteiger partial charge is 0.382 e. The van der Waals surface area contributed by atoms with E-state index >= 15 is 0 Å². The maximum absolute atomic E-state index is 9.23. The molecular weight excluding hydrogens is 279 g/mol. The van der Waals surface area contributed by atoms with Crippen LogP contribution in [0.2, 0.25) is 10.0 Å². The minimum absolute atomic E-state index is 0.226. The average molecular weight is 291 g/mol. The Balaban J connectivity index is 2.09. The van der Waals surface area contributed by atoms with E-state index in [0.29, 0.717) is 16.6 Å². The molecular formula is C15H12Cl2N2. The van der Waals surface area contributed by atoms with Crippen molar-refractivity contribution in [2.45, 2.75) is 5.92 Å². The number of benzene rings is 2. The standard InChI is InChI=1S/C15H12Cl2N2/c16-13-6-7-14(17)15(8-13)19-10-12(9-18)11-4-2-1-3-5-11/h1-8,12,19H,10H2. The highest BCUT2D eigenvalue weighted by Crippen LogP contribution is 2.26. The Bertz CT molecular complexity index is 591. The molecule has 0 aliphatic rings. The van der Waals surface area contributed by atoms with Crippen LogP contribution >= 0.6 is 23.2 Å². The zero-order chi connectivity index (χ0) is 13.7. The molecule has 2 aromatic rings. The summed E-state index contributed by atoms with van der Waals surface area (Å²) in [7, 11) is 0. The van der Waals surface area contributed by atoms with Crippen molar-refractivity contribution >= 4 is 28.9 Å². The molecule has 0 saturated heterocycles. The van der Waals surface area contributed by atoms with Crippen LogP contribution in [0.15, 0.2) is 48.5 Å². The van der Waals surface area contributed by atoms with Gasteiger partial charge in [-0.3, -0.25) is 0 Å². The minimum atomic E-state index is -0.226. The number of anilines is 1. The van der Waals surface area contributed by atoms with Gasteiger partial charge < -0.3 is 5.32 Å². The van der Waals surface area contributed by atoms with Gasteiger partial charge in [0.15, 0.2) is 0 Å². The molecule has 0 aliphatic heterocycles. The van der Waals surface area contributed by atoms with Gasteiger partial charge in [-0.15, -0.1) is 0 Å². The fourth-order valence-electron chi connectivity index (χ4n) is 1.77. The number of nitrogens with zero attached hydrogens (tertiary/aromatic N) is 1. The highest BCUT2D eigenvalue weighted by atomic mass is 35.5. The third kappa shape index (κ3) is 3.64. The van der Waals surface area contributed by atoms with Crippen molar-refractivity contribution in [3.05, 3.63) is 64.1 Å². The first-order valence-corrected chi connectivity index (χ1v) is 6.60. The van der Waals surface area contributed by atoms with Gasteiger partial charge in [-0.2, -0.15) is 5.26 Å². The molecule has 0 radical (unpaired) electrons. The van der Waals surface area contributed by atoms with Crippen molar-refractivity contribution in [1.29, 1.82) is 5.26 Å². The molecule has 1 unspecified atom stereocenters. The number of rotatable bonds is 4. The molecule has 2 aromatic carbocycles. The van der Waals surface area contributed by atoms with Gasteiger partial charge in [-0.1, -0.05) is 53.5 Å². The Kier molecular flexibility index (Phi) is 4.68. The summed E-state index contributed by atoms with van der Waals surface area (Å²) in [5.41, 5.74) is 1.72. The summed E-state index contributed by atoms with van der Waals surface area (Å²) in [4.78, 5) is 0. The Morgan fingerprint density at radius 3 is 2.53 bits per heavy atom. The molecule has 0 saturated carbocycles. The minimum Gasteiger partial charge on any atom is -0.382 e. The van der Waals surface area contributed by atoms with Crippen LogP contribution in [0.4, 0.5) is 5.69 Å². The molecule has 0 bridgehead atoms. The number of hydrogen-bond donors (Lipinski definition) is 1. The van der Waals surface area contributed by atoms with E-state index in [1.165, 1.54) is 0 Å². The zero-order valence-electron chi connectivity index (χ0n) is 10.1. The highest BCUT2D eigenvalue weighted by Gasteiger charge is 2.10. The van der Waals surface area contributed by atoms with Gasteiger partial charge in [0, 0.05) is 11.6 Å². The summed E-state index contributed by atoms with van der Waals surface area (Å²) >= 11 is 12.0. The molecule has 96 valence electrons. The van der Waals surface area contributed by atoms with E-state index in [-0.39, 0.29) is 5.92 Å². The first kappa shape index (κ1) is 13.7. The fraction of sp³-hybridized carbons (Fsp3) is 0.133. The first-order valence-electron chi connectivity index (χ1n) is 5.84. The predicted octanol–water partition coefficient (Wildman–Crippen LogP) is 4.71. The molecule has 0 aliphatic carbocycles. The summed E-state index contributed by atoms with van der Waals surface area (Å²) in [6.07, 6.45) is 0. The van der Waals surface area contributed by atoms with Gasteiger partial charge in [0.05, 0.1) is 22.7 Å². The normalized spacial score (nSPS) is 11.6. The maximum Gasteiger partial charge on any atom is 0.0885 e. The van der Waals surface area contributed by atoms with Gasteiger partial charge in [0.1, 0.15) is 0 Å². The maximum atomic E-state index is 9.23. The molecule has 0 fully saturated rings. The fourth-order valence-corrected chi connectivity index (χ4v) is 2.12. The Hall–Kier alpha value is -1.69. The molecule has 0 aromatic heterocycles. The van der Waals surface area contributed by atoms with E-state index in [9.17, 15) is 5.26 Å². The second kappa shape index (κ2) is 6.47. The van der Waals surface area contributed by atoms with E-state index in [1.807, 2.05) is 30.3 Å². The van der Waals surface area contributed by atoms with Crippen LogP contribution in [0.5, 0.6) is 0 Å². The lowest BCUT2D eigenvalue weighted by Gasteiger charge is -2.13. The lowest BCUT2D eigenvalue weighted by atomic mass is 10.0. The smallest absolute Gasteiger partial charge is 0.0885 e. The lowest BCUT2D eigenvalue weighted by molar-refractivity contribution is 0.901. The molecule has 2 nitrogen and oxygen atoms in total. The van der Waals surface area contributed by atoms with Crippen molar-refractivity contribution in [1.82, 2.24) is 0 Å². The van der Waals surface area contributed by atoms with E-state index in [0.717, 1.165) is 11.3 Å². The summed E-state index contributed by atoms with van der Waals surface area (Å²) in [5.74, 6) is -0.226. The SMILES string of the molecule is N#CC(CNc1cc(Cl)ccc1Cl)c1ccccc1. The Morgan fingerprint density at radius 1 is 1.11 bits per heavy atom. The molecule has 1 N–H and O–H groups in total. The van der Waals surface area contributed by atoms with E-state index in [2.05, 4.69) is 11.4 Å². The van der Waals surface area contributed by atoms with Gasteiger partial charge >= 0.3 is 0 Å². The van der Waals surface area contributed by atoms with Crippen molar-refractivity contribution in [3.8, 4) is 6.07 Å². The number of hydrogen-bond acceptors (Lipinski definition) is 2. The van der Waals surface area contributed by atoms with Crippen LogP contribution in [-0.4, -0.2) is 6.54 Å². The van der Waals surface area contributed by atoms with E-state index in [4.69, 9.17) is 23.2 Å². The van der Waals surface area contributed by atoms with Gasteiger partial charge in [0.2, 0.25) is 0 Å². The summed E-state index contributed by atoms with van der Waals surface area (Å²) in [6, 6.07) is 17.2. The van der Waals surface area contributed by atoms with E-state index in [1.54, 1.807) is 18.2 Å². The average Bonchev–Trinajstić information content (AvgIpc) is 2.44. The lowest BCUT2D eigenvalue weighted by Crippen LogP contribution is -2.11. The summed E-state index contributed by atoms with van der Waals surface area (Å²) in [5, 5.41) is 13.6. The van der Waals surface area contributed by atoms with Gasteiger partial charge in [-0.25, -0.2) is 0 Å². The van der Waals surface area contributed by atoms with Crippen LogP contribution in [0, 0.1) is 11.3 Å².